The first-order valence-electron chi connectivity index (χ1n) is 7.71. The van der Waals surface area contributed by atoms with Crippen molar-refractivity contribution in [3.8, 4) is 0 Å². The molecule has 16 nitrogen and oxygen atoms in total. The Morgan fingerprint density at radius 1 is 1.37 bits per heavy atom. The van der Waals surface area contributed by atoms with E-state index in [0.717, 1.165) is 0 Å². The number of H-pyrrole nitrogens is 1. The molecule has 2 aromatic rings. The number of phosphoric acid groups is 1. The normalized spacial score (nSPS) is 27.2. The van der Waals surface area contributed by atoms with Gasteiger partial charge in [0.1, 0.15) is 36.1 Å². The number of ether oxygens (including phenoxy) is 1. The largest absolute Gasteiger partial charge is 0.708 e. The highest BCUT2D eigenvalue weighted by atomic mass is 32.1. The van der Waals surface area contributed by atoms with Crippen LogP contribution in [-0.2, 0) is 31.6 Å². The van der Waals surface area contributed by atoms with Crippen molar-refractivity contribution in [1.82, 2.24) is 19.5 Å². The lowest BCUT2D eigenvalue weighted by Gasteiger charge is -2.16. The lowest BCUT2D eigenvalue weighted by molar-refractivity contribution is -0.0476. The second-order valence-corrected chi connectivity index (χ2v) is 9.52. The summed E-state index contributed by atoms with van der Waals surface area (Å²) in [4.78, 5) is 28.1. The lowest BCUT2D eigenvalue weighted by atomic mass is 10.1. The highest BCUT2D eigenvalue weighted by molar-refractivity contribution is 7.71. The van der Waals surface area contributed by atoms with Gasteiger partial charge in [0.05, 0.1) is 6.33 Å². The van der Waals surface area contributed by atoms with Crippen molar-refractivity contribution in [3.63, 3.8) is 0 Å². The number of hydrogen-bond donors (Lipinski definition) is 6. The van der Waals surface area contributed by atoms with E-state index in [2.05, 4.69) is 28.1 Å². The first-order chi connectivity index (χ1) is 14.0. The van der Waals surface area contributed by atoms with Gasteiger partial charge in [0.2, 0.25) is 0 Å². The standard InChI is InChI=1S/C10H12N5O11P3S/c11-10-13-7-4(8(30)14-10)12-2-15(7)9-6(17)5(16)3(24-9)1-23-28(20)26-29(21,22)25-27(18)19/h2-3,5-6,9,16-17H,1H2,(H3-2,11,13,14,18,19,21,22,30)/p+2/t3-,5-,6-,9-/m1/s1. The average molecular weight is 505 g/mol. The molecule has 0 spiro atoms. The van der Waals surface area contributed by atoms with Gasteiger partial charge in [0.15, 0.2) is 16.8 Å². The fourth-order valence-electron chi connectivity index (χ4n) is 2.59. The second kappa shape index (κ2) is 9.04. The summed E-state index contributed by atoms with van der Waals surface area (Å²) in [5, 5.41) is 20.5. The molecule has 164 valence electrons. The fraction of sp³-hybridized carbons (Fsp3) is 0.500. The van der Waals surface area contributed by atoms with Crippen molar-refractivity contribution >= 4 is 53.7 Å². The van der Waals surface area contributed by atoms with Crippen LogP contribution < -0.4 is 5.73 Å². The fourth-order valence-corrected chi connectivity index (χ4v) is 5.06. The summed E-state index contributed by atoms with van der Waals surface area (Å²) in [5.74, 6) is -0.0170. The van der Waals surface area contributed by atoms with Crippen molar-refractivity contribution in [3.05, 3.63) is 11.0 Å². The lowest BCUT2D eigenvalue weighted by Crippen LogP contribution is -2.33. The molecule has 0 aromatic carbocycles. The van der Waals surface area contributed by atoms with Crippen LogP contribution in [0.5, 0.6) is 0 Å². The molecule has 1 fully saturated rings. The van der Waals surface area contributed by atoms with Gasteiger partial charge in [-0.1, -0.05) is 12.2 Å². The number of fused-ring (bicyclic) bond motifs is 1. The number of aliphatic hydroxyl groups excluding tert-OH is 2. The van der Waals surface area contributed by atoms with E-state index in [4.69, 9.17) is 32.5 Å². The Kier molecular flexibility index (Phi) is 7.04. The number of rotatable bonds is 8. The van der Waals surface area contributed by atoms with Crippen molar-refractivity contribution in [2.24, 2.45) is 0 Å². The molecule has 3 unspecified atom stereocenters. The summed E-state index contributed by atoms with van der Waals surface area (Å²) in [7, 11) is -11.9. The number of aliphatic hydroxyl groups is 2. The highest BCUT2D eigenvalue weighted by Gasteiger charge is 2.48. The van der Waals surface area contributed by atoms with Crippen LogP contribution in [0, 0.1) is 4.64 Å². The summed E-state index contributed by atoms with van der Waals surface area (Å²) in [6.45, 7) is -0.651. The zero-order valence-corrected chi connectivity index (χ0v) is 17.9. The minimum Gasteiger partial charge on any atom is -0.387 e. The Morgan fingerprint density at radius 2 is 2.07 bits per heavy atom. The van der Waals surface area contributed by atoms with E-state index in [9.17, 15) is 23.9 Å². The number of aromatic nitrogens is 4. The van der Waals surface area contributed by atoms with Crippen molar-refractivity contribution in [1.29, 1.82) is 0 Å². The number of aromatic amines is 1. The van der Waals surface area contributed by atoms with E-state index < -0.39 is 55.5 Å². The number of nitrogens with one attached hydrogen (secondary N) is 1. The van der Waals surface area contributed by atoms with E-state index in [1.807, 2.05) is 0 Å². The first-order valence-corrected chi connectivity index (χ1v) is 11.8. The van der Waals surface area contributed by atoms with Crippen LogP contribution in [0.4, 0.5) is 5.95 Å². The Balaban J connectivity index is 1.69. The van der Waals surface area contributed by atoms with Gasteiger partial charge in [0.25, 0.3) is 0 Å². The molecule has 30 heavy (non-hydrogen) atoms. The molecule has 7 atom stereocenters. The monoisotopic (exact) mass is 505 g/mol. The Bertz CT molecular complexity index is 1090. The third kappa shape index (κ3) is 5.11. The van der Waals surface area contributed by atoms with E-state index in [-0.39, 0.29) is 21.8 Å². The molecule has 2 aromatic heterocycles. The van der Waals surface area contributed by atoms with E-state index in [1.165, 1.54) is 10.9 Å². The van der Waals surface area contributed by atoms with Gasteiger partial charge in [-0.2, -0.15) is 0 Å². The third-order valence-corrected chi connectivity index (χ3v) is 7.15. The molecule has 3 rings (SSSR count). The molecule has 0 bridgehead atoms. The molecule has 0 saturated carbocycles. The van der Waals surface area contributed by atoms with Gasteiger partial charge < -0.3 is 25.7 Å². The maximum Gasteiger partial charge on any atom is 0.708 e. The summed E-state index contributed by atoms with van der Waals surface area (Å²) in [5.41, 5.74) is 6.15. The molecule has 0 amide bonds. The Labute approximate surface area is 173 Å². The molecular formula is C10H14N5O11P3S+2. The quantitative estimate of drug-likeness (QED) is 0.207. The summed E-state index contributed by atoms with van der Waals surface area (Å²) in [6.07, 6.45) is -4.18. The topological polar surface area (TPSA) is 242 Å². The summed E-state index contributed by atoms with van der Waals surface area (Å²) < 4.78 is 52.6. The van der Waals surface area contributed by atoms with E-state index in [0.29, 0.717) is 0 Å². The maximum atomic E-state index is 11.6. The van der Waals surface area contributed by atoms with Crippen LogP contribution in [0.15, 0.2) is 6.33 Å². The third-order valence-electron chi connectivity index (χ3n) is 3.76. The number of imidazole rings is 1. The first kappa shape index (κ1) is 23.3. The average Bonchev–Trinajstić information content (AvgIpc) is 3.14. The zero-order valence-electron chi connectivity index (χ0n) is 14.4. The smallest absolute Gasteiger partial charge is 0.387 e. The minimum absolute atomic E-state index is 0.0170. The molecule has 20 heteroatoms. The van der Waals surface area contributed by atoms with Gasteiger partial charge in [-0.15, -0.1) is 9.42 Å². The predicted molar refractivity (Wildman–Crippen MR) is 98.4 cm³/mol. The van der Waals surface area contributed by atoms with Gasteiger partial charge in [-0.3, -0.25) is 9.46 Å². The molecular weight excluding hydrogens is 491 g/mol. The van der Waals surface area contributed by atoms with Gasteiger partial charge in [-0.25, -0.2) is 14.5 Å². The molecule has 1 aliphatic heterocycles. The van der Waals surface area contributed by atoms with E-state index in [1.54, 1.807) is 0 Å². The van der Waals surface area contributed by atoms with Crippen molar-refractivity contribution in [2.75, 3.05) is 12.3 Å². The van der Waals surface area contributed by atoms with Crippen molar-refractivity contribution < 1.29 is 51.6 Å². The zero-order chi connectivity index (χ0) is 22.2. The number of anilines is 1. The minimum atomic E-state index is -5.12. The highest BCUT2D eigenvalue weighted by Crippen LogP contribution is 2.57. The number of nitrogens with two attached hydrogens (primary N) is 1. The second-order valence-electron chi connectivity index (χ2n) is 5.71. The molecule has 1 aliphatic rings. The van der Waals surface area contributed by atoms with E-state index >= 15 is 0 Å². The van der Waals surface area contributed by atoms with Crippen LogP contribution in [0.25, 0.3) is 11.2 Å². The molecule has 7 N–H and O–H groups in total. The van der Waals surface area contributed by atoms with Gasteiger partial charge in [0, 0.05) is 17.8 Å². The maximum absolute atomic E-state index is 11.6. The molecule has 3 heterocycles. The van der Waals surface area contributed by atoms with Gasteiger partial charge in [-0.05, 0) is 0 Å². The molecule has 0 radical (unpaired) electrons. The van der Waals surface area contributed by atoms with Crippen LogP contribution in [-0.4, -0.2) is 64.4 Å². The Hall–Kier alpha value is -1.32. The number of hydrogen-bond acceptors (Lipinski definition) is 13. The van der Waals surface area contributed by atoms with Crippen LogP contribution >= 0.6 is 36.6 Å². The van der Waals surface area contributed by atoms with Crippen LogP contribution in [0.2, 0.25) is 0 Å². The summed E-state index contributed by atoms with van der Waals surface area (Å²) >= 11 is 5.05. The Morgan fingerprint density at radius 3 is 2.73 bits per heavy atom. The van der Waals surface area contributed by atoms with Crippen LogP contribution in [0.1, 0.15) is 6.23 Å². The molecule has 0 aliphatic carbocycles. The van der Waals surface area contributed by atoms with Crippen molar-refractivity contribution in [2.45, 2.75) is 24.5 Å². The number of nitrogens with zero attached hydrogens (tertiary/aromatic N) is 3. The number of nitrogen functional groups attached to an aromatic ring is 1. The van der Waals surface area contributed by atoms with Crippen LogP contribution in [0.3, 0.4) is 0 Å². The SMILES string of the molecule is Nc1nc(=S)c2ncn([C@@H]3O[C@H](CO[P+](=O)OP(=O)(O)O[P+](=O)O)[C@@H](O)[C@H]3O)c2[nH]1. The summed E-state index contributed by atoms with van der Waals surface area (Å²) in [6, 6.07) is 0. The molecule has 1 saturated heterocycles. The predicted octanol–water partition coefficient (Wildman–Crippen LogP) is 0.148. The van der Waals surface area contributed by atoms with Gasteiger partial charge >= 0.3 is 24.3 Å².